The van der Waals surface area contributed by atoms with E-state index in [9.17, 15) is 5.11 Å². The molecule has 1 saturated carbocycles. The van der Waals surface area contributed by atoms with Gasteiger partial charge in [0.25, 0.3) is 0 Å². The number of piperidine rings is 1. The Morgan fingerprint density at radius 3 is 2.75 bits per heavy atom. The molecule has 5 nitrogen and oxygen atoms in total. The number of hydrogen-bond donors (Lipinski definition) is 1. The standard InChI is InChI=1S/C30H29ClN2O3/c1-35-30-14-20-12-21(18-4-7-22(31)8-5-18)15-32-26(20)28-29(30)10-11-33(16-17-2-3-17)24(30)13-19-6-9-23(34)27(36-28)25(19)29/h4-9,12,15,17,24,28,34H,2-3,10-11,13-14,16H2,1H3/t24?,28-,29-,30+/m0/s1. The fraction of sp³-hybridized carbons (Fsp3) is 0.433. The maximum atomic E-state index is 10.9. The Kier molecular flexibility index (Phi) is 4.32. The minimum atomic E-state index is -0.440. The van der Waals surface area contributed by atoms with Crippen molar-refractivity contribution in [1.82, 2.24) is 9.88 Å². The molecule has 2 aliphatic heterocycles. The number of methoxy groups -OCH3 is 1. The van der Waals surface area contributed by atoms with Crippen LogP contribution in [0, 0.1) is 5.92 Å². The molecule has 5 aliphatic rings. The van der Waals surface area contributed by atoms with E-state index in [0.29, 0.717) is 5.75 Å². The van der Waals surface area contributed by atoms with Gasteiger partial charge in [-0.25, -0.2) is 0 Å². The Balaban J connectivity index is 1.34. The number of phenolic OH excluding ortho intramolecular Hbond substituents is 1. The summed E-state index contributed by atoms with van der Waals surface area (Å²) in [4.78, 5) is 7.74. The maximum absolute atomic E-state index is 10.9. The molecule has 4 atom stereocenters. The zero-order valence-electron chi connectivity index (χ0n) is 20.3. The smallest absolute Gasteiger partial charge is 0.166 e. The molecule has 3 aromatic rings. The molecule has 1 aromatic heterocycles. The van der Waals surface area contributed by atoms with Crippen LogP contribution >= 0.6 is 11.6 Å². The van der Waals surface area contributed by atoms with Gasteiger partial charge in [-0.3, -0.25) is 9.88 Å². The molecule has 3 heterocycles. The molecule has 36 heavy (non-hydrogen) atoms. The average molecular weight is 501 g/mol. The lowest BCUT2D eigenvalue weighted by molar-refractivity contribution is -0.191. The van der Waals surface area contributed by atoms with Gasteiger partial charge in [0.1, 0.15) is 5.60 Å². The van der Waals surface area contributed by atoms with Crippen LogP contribution in [0.4, 0.5) is 0 Å². The van der Waals surface area contributed by atoms with Crippen molar-refractivity contribution in [1.29, 1.82) is 0 Å². The van der Waals surface area contributed by atoms with E-state index in [1.165, 1.54) is 29.5 Å². The first-order chi connectivity index (χ1) is 17.5. The van der Waals surface area contributed by atoms with Gasteiger partial charge >= 0.3 is 0 Å². The average Bonchev–Trinajstić information content (AvgIpc) is 3.64. The van der Waals surface area contributed by atoms with Crippen LogP contribution in [0.3, 0.4) is 0 Å². The number of nitrogens with zero attached hydrogens (tertiary/aromatic N) is 2. The molecule has 184 valence electrons. The van der Waals surface area contributed by atoms with Crippen LogP contribution in [0.2, 0.25) is 5.02 Å². The van der Waals surface area contributed by atoms with Crippen LogP contribution in [0.25, 0.3) is 11.1 Å². The van der Waals surface area contributed by atoms with E-state index in [1.54, 1.807) is 6.07 Å². The Hall–Kier alpha value is -2.60. The van der Waals surface area contributed by atoms with Gasteiger partial charge in [0, 0.05) is 48.5 Å². The largest absolute Gasteiger partial charge is 0.504 e. The zero-order valence-corrected chi connectivity index (χ0v) is 21.1. The van der Waals surface area contributed by atoms with Gasteiger partial charge in [0.15, 0.2) is 17.6 Å². The Morgan fingerprint density at radius 1 is 1.14 bits per heavy atom. The van der Waals surface area contributed by atoms with E-state index in [2.05, 4.69) is 17.0 Å². The molecular weight excluding hydrogens is 472 g/mol. The van der Waals surface area contributed by atoms with Crippen molar-refractivity contribution in [3.05, 3.63) is 76.1 Å². The van der Waals surface area contributed by atoms with Crippen LogP contribution in [-0.2, 0) is 23.0 Å². The fourth-order valence-corrected chi connectivity index (χ4v) is 8.13. The van der Waals surface area contributed by atoms with E-state index in [4.69, 9.17) is 26.1 Å². The molecule has 2 fully saturated rings. The number of ether oxygens (including phenoxy) is 2. The molecule has 3 aliphatic carbocycles. The summed E-state index contributed by atoms with van der Waals surface area (Å²) in [5.74, 6) is 1.68. The van der Waals surface area contributed by atoms with Gasteiger partial charge in [-0.1, -0.05) is 29.8 Å². The third-order valence-corrected chi connectivity index (χ3v) is 9.98. The second-order valence-electron chi connectivity index (χ2n) is 11.4. The van der Waals surface area contributed by atoms with E-state index < -0.39 is 5.60 Å². The molecule has 1 saturated heterocycles. The number of phenols is 1. The normalized spacial score (nSPS) is 31.5. The van der Waals surface area contributed by atoms with Crippen molar-refractivity contribution in [3.63, 3.8) is 0 Å². The molecule has 1 unspecified atom stereocenters. The van der Waals surface area contributed by atoms with Crippen molar-refractivity contribution < 1.29 is 14.6 Å². The molecule has 1 spiro atoms. The number of hydrogen-bond acceptors (Lipinski definition) is 5. The highest BCUT2D eigenvalue weighted by Gasteiger charge is 2.73. The van der Waals surface area contributed by atoms with Crippen molar-refractivity contribution in [2.45, 2.75) is 55.3 Å². The van der Waals surface area contributed by atoms with Crippen LogP contribution in [0.15, 0.2) is 48.7 Å². The molecule has 2 bridgehead atoms. The summed E-state index contributed by atoms with van der Waals surface area (Å²) in [5.41, 5.74) is 6.01. The molecule has 1 N–H and O–H groups in total. The molecular formula is C30H29ClN2O3. The first-order valence-corrected chi connectivity index (χ1v) is 13.5. The highest BCUT2D eigenvalue weighted by atomic mass is 35.5. The second-order valence-corrected chi connectivity index (χ2v) is 11.8. The number of aromatic nitrogens is 1. The van der Waals surface area contributed by atoms with E-state index in [0.717, 1.165) is 60.1 Å². The summed E-state index contributed by atoms with van der Waals surface area (Å²) in [6.45, 7) is 2.17. The quantitative estimate of drug-likeness (QED) is 0.515. The molecule has 2 aromatic carbocycles. The van der Waals surface area contributed by atoms with E-state index in [1.807, 2.05) is 37.6 Å². The number of fused-ring (bicyclic) bond motifs is 2. The van der Waals surface area contributed by atoms with E-state index in [-0.39, 0.29) is 23.3 Å². The molecule has 0 radical (unpaired) electrons. The van der Waals surface area contributed by atoms with E-state index >= 15 is 0 Å². The van der Waals surface area contributed by atoms with Crippen LogP contribution in [-0.4, -0.2) is 46.8 Å². The topological polar surface area (TPSA) is 54.8 Å². The van der Waals surface area contributed by atoms with Crippen LogP contribution in [0.1, 0.15) is 47.8 Å². The number of pyridine rings is 1. The van der Waals surface area contributed by atoms with Crippen LogP contribution < -0.4 is 4.74 Å². The fourth-order valence-electron chi connectivity index (χ4n) is 8.00. The summed E-state index contributed by atoms with van der Waals surface area (Å²) in [6.07, 6.45) is 7.01. The minimum absolute atomic E-state index is 0.223. The van der Waals surface area contributed by atoms with Crippen molar-refractivity contribution in [3.8, 4) is 22.6 Å². The summed E-state index contributed by atoms with van der Waals surface area (Å²) in [7, 11) is 1.89. The van der Waals surface area contributed by atoms with Gasteiger partial charge in [0.2, 0.25) is 0 Å². The summed E-state index contributed by atoms with van der Waals surface area (Å²) in [6, 6.07) is 14.4. The number of halogens is 1. The number of likely N-dealkylation sites (tertiary alicyclic amines) is 1. The lowest BCUT2D eigenvalue weighted by atomic mass is 9.48. The molecule has 6 heteroatoms. The zero-order chi connectivity index (χ0) is 24.2. The Labute approximate surface area is 216 Å². The first-order valence-electron chi connectivity index (χ1n) is 13.1. The number of benzene rings is 2. The number of rotatable bonds is 4. The minimum Gasteiger partial charge on any atom is -0.504 e. The highest BCUT2D eigenvalue weighted by molar-refractivity contribution is 6.30. The van der Waals surface area contributed by atoms with Gasteiger partial charge in [-0.15, -0.1) is 0 Å². The van der Waals surface area contributed by atoms with Gasteiger partial charge in [-0.2, -0.15) is 0 Å². The summed E-state index contributed by atoms with van der Waals surface area (Å²) in [5, 5.41) is 11.6. The first kappa shape index (κ1) is 21.5. The lowest BCUT2D eigenvalue weighted by Crippen LogP contribution is -2.75. The highest BCUT2D eigenvalue weighted by Crippen LogP contribution is 2.69. The predicted molar refractivity (Wildman–Crippen MR) is 138 cm³/mol. The van der Waals surface area contributed by atoms with Crippen molar-refractivity contribution in [2.24, 2.45) is 5.92 Å². The molecule has 8 rings (SSSR count). The third-order valence-electron chi connectivity index (χ3n) is 9.73. The monoisotopic (exact) mass is 500 g/mol. The number of aromatic hydroxyl groups is 1. The predicted octanol–water partition coefficient (Wildman–Crippen LogP) is 5.46. The van der Waals surface area contributed by atoms with Gasteiger partial charge in [-0.05, 0) is 79.1 Å². The van der Waals surface area contributed by atoms with Crippen molar-refractivity contribution >= 4 is 11.6 Å². The lowest BCUT2D eigenvalue weighted by Gasteiger charge is -2.64. The Morgan fingerprint density at radius 2 is 1.97 bits per heavy atom. The van der Waals surface area contributed by atoms with Crippen LogP contribution in [0.5, 0.6) is 11.5 Å². The molecule has 0 amide bonds. The SMILES string of the molecule is CO[C@@]12Cc3cc(-c4ccc(Cl)cc4)cnc3[C@@H]3Oc4c(O)ccc5c4[C@@]31CCN(CC1CC1)C2C5. The maximum Gasteiger partial charge on any atom is 0.166 e. The second kappa shape index (κ2) is 7.25. The van der Waals surface area contributed by atoms with Gasteiger partial charge < -0.3 is 14.6 Å². The third kappa shape index (κ3) is 2.61. The van der Waals surface area contributed by atoms with Gasteiger partial charge in [0.05, 0.1) is 11.1 Å². The summed E-state index contributed by atoms with van der Waals surface area (Å²) < 4.78 is 13.5. The van der Waals surface area contributed by atoms with Crippen molar-refractivity contribution in [2.75, 3.05) is 20.2 Å². The summed E-state index contributed by atoms with van der Waals surface area (Å²) >= 11 is 6.15. The Bertz CT molecular complexity index is 1400.